The summed E-state index contributed by atoms with van der Waals surface area (Å²) in [5, 5.41) is 10.2. The third kappa shape index (κ3) is 1.69. The Morgan fingerprint density at radius 3 is 3.00 bits per heavy atom. The quantitative estimate of drug-likeness (QED) is 0.795. The highest BCUT2D eigenvalue weighted by molar-refractivity contribution is 7.98. The molecule has 1 unspecified atom stereocenters. The van der Waals surface area contributed by atoms with Crippen LogP contribution in [-0.4, -0.2) is 15.1 Å². The van der Waals surface area contributed by atoms with Crippen LogP contribution in [-0.2, 0) is 5.75 Å². The van der Waals surface area contributed by atoms with Crippen molar-refractivity contribution in [1.82, 2.24) is 9.97 Å². The minimum Gasteiger partial charge on any atom is -0.382 e. The van der Waals surface area contributed by atoms with Gasteiger partial charge in [-0.1, -0.05) is 6.07 Å². The summed E-state index contributed by atoms with van der Waals surface area (Å²) in [7, 11) is 0. The number of thioether (sulfide) groups is 1. The number of hydrogen-bond acceptors (Lipinski definition) is 4. The zero-order valence-electron chi connectivity index (χ0n) is 9.10. The molecule has 18 heavy (non-hydrogen) atoms. The van der Waals surface area contributed by atoms with Crippen LogP contribution in [0.2, 0.25) is 0 Å². The highest BCUT2D eigenvalue weighted by atomic mass is 32.2. The summed E-state index contributed by atoms with van der Waals surface area (Å²) in [5.41, 5.74) is 0.976. The molecule has 3 rings (SSSR count). The molecule has 1 aromatic carbocycles. The summed E-state index contributed by atoms with van der Waals surface area (Å²) in [5.74, 6) is -1.56. The van der Waals surface area contributed by atoms with Gasteiger partial charge in [0.1, 0.15) is 12.4 Å². The maximum Gasteiger partial charge on any atom is 0.163 e. The predicted octanol–water partition coefficient (Wildman–Crippen LogP) is 2.44. The van der Waals surface area contributed by atoms with E-state index in [1.165, 1.54) is 24.2 Å². The Morgan fingerprint density at radius 2 is 2.17 bits per heavy atom. The molecule has 2 aromatic rings. The molecule has 0 spiro atoms. The second-order valence-corrected chi connectivity index (χ2v) is 4.91. The van der Waals surface area contributed by atoms with Gasteiger partial charge < -0.3 is 5.11 Å². The first-order valence-corrected chi connectivity index (χ1v) is 6.24. The minimum atomic E-state index is -1.05. The van der Waals surface area contributed by atoms with Crippen molar-refractivity contribution in [3.63, 3.8) is 0 Å². The van der Waals surface area contributed by atoms with Crippen LogP contribution in [0.15, 0.2) is 29.6 Å². The first kappa shape index (κ1) is 11.6. The van der Waals surface area contributed by atoms with Crippen LogP contribution in [0.3, 0.4) is 0 Å². The number of nitrogens with zero attached hydrogens (tertiary/aromatic N) is 2. The van der Waals surface area contributed by atoms with Crippen molar-refractivity contribution < 1.29 is 13.9 Å². The van der Waals surface area contributed by atoms with Crippen molar-refractivity contribution in [1.29, 1.82) is 0 Å². The average Bonchev–Trinajstić information content (AvgIpc) is 2.53. The minimum absolute atomic E-state index is 0.186. The van der Waals surface area contributed by atoms with Gasteiger partial charge in [-0.2, -0.15) is 0 Å². The van der Waals surface area contributed by atoms with Crippen molar-refractivity contribution in [2.45, 2.75) is 16.8 Å². The second-order valence-electron chi connectivity index (χ2n) is 3.89. The highest BCUT2D eigenvalue weighted by Crippen LogP contribution is 2.38. The van der Waals surface area contributed by atoms with E-state index in [2.05, 4.69) is 9.97 Å². The molecule has 0 radical (unpaired) electrons. The molecule has 1 aromatic heterocycles. The van der Waals surface area contributed by atoms with Gasteiger partial charge >= 0.3 is 0 Å². The molecule has 0 aliphatic carbocycles. The number of rotatable bonds is 0. The van der Waals surface area contributed by atoms with Crippen LogP contribution in [0.1, 0.15) is 22.9 Å². The molecule has 1 aliphatic heterocycles. The predicted molar refractivity (Wildman–Crippen MR) is 62.0 cm³/mol. The Kier molecular flexibility index (Phi) is 2.76. The molecule has 0 fully saturated rings. The lowest BCUT2D eigenvalue weighted by atomic mass is 10.0. The van der Waals surface area contributed by atoms with Crippen molar-refractivity contribution >= 4 is 11.8 Å². The van der Waals surface area contributed by atoms with Gasteiger partial charge in [0.25, 0.3) is 0 Å². The monoisotopic (exact) mass is 266 g/mol. The summed E-state index contributed by atoms with van der Waals surface area (Å²) in [4.78, 5) is 8.56. The molecule has 1 atom stereocenters. The van der Waals surface area contributed by atoms with E-state index < -0.39 is 17.7 Å². The Bertz CT molecular complexity index is 621. The molecule has 2 heterocycles. The molecular weight excluding hydrogens is 258 g/mol. The number of aromatic nitrogens is 2. The van der Waals surface area contributed by atoms with E-state index in [-0.39, 0.29) is 11.3 Å². The van der Waals surface area contributed by atoms with E-state index in [9.17, 15) is 13.9 Å². The summed E-state index contributed by atoms with van der Waals surface area (Å²) in [6.45, 7) is 0. The van der Waals surface area contributed by atoms with Crippen LogP contribution in [0.5, 0.6) is 0 Å². The fourth-order valence-corrected chi connectivity index (χ4v) is 2.99. The van der Waals surface area contributed by atoms with E-state index in [0.717, 1.165) is 6.07 Å². The first-order chi connectivity index (χ1) is 8.68. The molecule has 1 aliphatic rings. The largest absolute Gasteiger partial charge is 0.382 e. The fourth-order valence-electron chi connectivity index (χ4n) is 1.95. The van der Waals surface area contributed by atoms with Crippen molar-refractivity contribution in [3.05, 3.63) is 53.1 Å². The summed E-state index contributed by atoms with van der Waals surface area (Å²) >= 11 is 1.29. The molecule has 0 bridgehead atoms. The normalized spacial score (nSPS) is 17.8. The zero-order chi connectivity index (χ0) is 12.7. The Labute approximate surface area is 106 Å². The Morgan fingerprint density at radius 1 is 1.33 bits per heavy atom. The van der Waals surface area contributed by atoms with Gasteiger partial charge in [-0.05, 0) is 11.6 Å². The van der Waals surface area contributed by atoms with Crippen molar-refractivity contribution in [2.24, 2.45) is 0 Å². The lowest BCUT2D eigenvalue weighted by Gasteiger charge is -2.12. The summed E-state index contributed by atoms with van der Waals surface area (Å²) in [6, 6.07) is 2.42. The lowest BCUT2D eigenvalue weighted by Crippen LogP contribution is -2.06. The van der Waals surface area contributed by atoms with Gasteiger partial charge in [0, 0.05) is 17.5 Å². The summed E-state index contributed by atoms with van der Waals surface area (Å²) in [6.07, 6.45) is 1.84. The number of aliphatic hydroxyl groups excluding tert-OH is 1. The summed E-state index contributed by atoms with van der Waals surface area (Å²) < 4.78 is 26.9. The molecule has 0 saturated heterocycles. The zero-order valence-corrected chi connectivity index (χ0v) is 9.92. The van der Waals surface area contributed by atoms with Gasteiger partial charge in [-0.3, -0.25) is 0 Å². The SMILES string of the molecule is OC1c2ccc(F)c(F)c2CSc2cncnc21. The second kappa shape index (κ2) is 4.29. The molecule has 1 N–H and O–H groups in total. The van der Waals surface area contributed by atoms with E-state index in [4.69, 9.17) is 0 Å². The fraction of sp³-hybridized carbons (Fsp3) is 0.167. The number of benzene rings is 1. The van der Waals surface area contributed by atoms with Crippen molar-refractivity contribution in [3.8, 4) is 0 Å². The van der Waals surface area contributed by atoms with E-state index in [1.54, 1.807) is 6.20 Å². The van der Waals surface area contributed by atoms with Gasteiger partial charge in [0.15, 0.2) is 11.6 Å². The van der Waals surface area contributed by atoms with E-state index >= 15 is 0 Å². The van der Waals surface area contributed by atoms with Crippen LogP contribution in [0.4, 0.5) is 8.78 Å². The maximum absolute atomic E-state index is 13.7. The van der Waals surface area contributed by atoms with Gasteiger partial charge in [-0.15, -0.1) is 11.8 Å². The lowest BCUT2D eigenvalue weighted by molar-refractivity contribution is 0.210. The number of aliphatic hydroxyl groups is 1. The smallest absolute Gasteiger partial charge is 0.163 e. The number of fused-ring (bicyclic) bond motifs is 2. The third-order valence-electron chi connectivity index (χ3n) is 2.87. The first-order valence-electron chi connectivity index (χ1n) is 5.26. The van der Waals surface area contributed by atoms with Crippen LogP contribution >= 0.6 is 11.8 Å². The number of hydrogen-bond donors (Lipinski definition) is 1. The average molecular weight is 266 g/mol. The highest BCUT2D eigenvalue weighted by Gasteiger charge is 2.26. The number of halogens is 2. The molecule has 0 saturated carbocycles. The molecule has 3 nitrogen and oxygen atoms in total. The van der Waals surface area contributed by atoms with Crippen LogP contribution in [0.25, 0.3) is 0 Å². The maximum atomic E-state index is 13.7. The van der Waals surface area contributed by atoms with E-state index in [0.29, 0.717) is 16.2 Å². The van der Waals surface area contributed by atoms with E-state index in [1.807, 2.05) is 0 Å². The molecule has 6 heteroatoms. The van der Waals surface area contributed by atoms with Crippen LogP contribution in [0, 0.1) is 11.6 Å². The van der Waals surface area contributed by atoms with Gasteiger partial charge in [-0.25, -0.2) is 18.7 Å². The standard InChI is InChI=1S/C12H8F2N2OS/c13-8-2-1-6-7(10(8)14)4-18-9-3-15-5-16-11(9)12(6)17/h1-3,5,12,17H,4H2. The van der Waals surface area contributed by atoms with Gasteiger partial charge in [0.2, 0.25) is 0 Å². The topological polar surface area (TPSA) is 46.0 Å². The Balaban J connectivity index is 2.21. The van der Waals surface area contributed by atoms with Gasteiger partial charge in [0.05, 0.1) is 10.6 Å². The van der Waals surface area contributed by atoms with Crippen LogP contribution < -0.4 is 0 Å². The molecule has 92 valence electrons. The Hall–Kier alpha value is -1.53. The van der Waals surface area contributed by atoms with Crippen molar-refractivity contribution in [2.75, 3.05) is 0 Å². The molecule has 0 amide bonds. The third-order valence-corrected chi connectivity index (χ3v) is 3.92. The molecular formula is C12H8F2N2OS.